The van der Waals surface area contributed by atoms with Crippen molar-refractivity contribution in [2.24, 2.45) is 0 Å². The highest BCUT2D eigenvalue weighted by atomic mass is 16.6. The van der Waals surface area contributed by atoms with Gasteiger partial charge in [0.25, 0.3) is 0 Å². The normalized spacial score (nSPS) is 14.8. The summed E-state index contributed by atoms with van der Waals surface area (Å²) in [5.41, 5.74) is -0.148. The van der Waals surface area contributed by atoms with Gasteiger partial charge in [-0.1, -0.05) is 0 Å². The van der Waals surface area contributed by atoms with Gasteiger partial charge in [-0.05, 0) is 12.0 Å². The van der Waals surface area contributed by atoms with Crippen LogP contribution in [0.4, 0.5) is 5.82 Å². The first-order valence-electron chi connectivity index (χ1n) is 4.69. The van der Waals surface area contributed by atoms with Gasteiger partial charge >= 0.3 is 5.82 Å². The fourth-order valence-electron chi connectivity index (χ4n) is 1.35. The highest BCUT2D eigenvalue weighted by molar-refractivity contribution is 5.30. The SMILES string of the molecule is CNCC(O)C(O)c1nc(C)[nH]c1[N+](=O)[O-]. The van der Waals surface area contributed by atoms with Gasteiger partial charge in [0.1, 0.15) is 6.10 Å². The van der Waals surface area contributed by atoms with E-state index in [1.807, 2.05) is 0 Å². The molecule has 0 amide bonds. The fraction of sp³-hybridized carbons (Fsp3) is 0.625. The van der Waals surface area contributed by atoms with E-state index in [2.05, 4.69) is 15.3 Å². The quantitative estimate of drug-likeness (QED) is 0.389. The number of nitro groups is 1. The second-order valence-corrected chi connectivity index (χ2v) is 3.38. The van der Waals surface area contributed by atoms with Crippen LogP contribution in [0.25, 0.3) is 0 Å². The van der Waals surface area contributed by atoms with E-state index < -0.39 is 17.1 Å². The van der Waals surface area contributed by atoms with Crippen molar-refractivity contribution in [3.05, 3.63) is 21.6 Å². The Labute approximate surface area is 91.5 Å². The summed E-state index contributed by atoms with van der Waals surface area (Å²) >= 11 is 0. The molecule has 0 saturated heterocycles. The molecule has 16 heavy (non-hydrogen) atoms. The van der Waals surface area contributed by atoms with Crippen LogP contribution in [0.2, 0.25) is 0 Å². The molecule has 4 N–H and O–H groups in total. The number of aliphatic hydroxyl groups excluding tert-OH is 2. The summed E-state index contributed by atoms with van der Waals surface area (Å²) < 4.78 is 0. The van der Waals surface area contributed by atoms with E-state index in [0.717, 1.165) is 0 Å². The van der Waals surface area contributed by atoms with Crippen molar-refractivity contribution in [2.75, 3.05) is 13.6 Å². The number of rotatable bonds is 5. The Morgan fingerprint density at radius 3 is 2.75 bits per heavy atom. The molecule has 2 atom stereocenters. The molecule has 1 aromatic heterocycles. The van der Waals surface area contributed by atoms with Gasteiger partial charge in [-0.25, -0.2) is 9.97 Å². The number of hydrogen-bond acceptors (Lipinski definition) is 6. The molecule has 1 heterocycles. The van der Waals surface area contributed by atoms with Gasteiger partial charge in [0.2, 0.25) is 0 Å². The predicted octanol–water partition coefficient (Wildman–Crippen LogP) is -0.760. The molecular weight excluding hydrogens is 216 g/mol. The molecule has 0 saturated carbocycles. The largest absolute Gasteiger partial charge is 0.389 e. The number of aromatic amines is 1. The van der Waals surface area contributed by atoms with E-state index in [4.69, 9.17) is 0 Å². The zero-order valence-corrected chi connectivity index (χ0v) is 8.97. The Balaban J connectivity index is 2.98. The lowest BCUT2D eigenvalue weighted by Gasteiger charge is -2.14. The third-order valence-electron chi connectivity index (χ3n) is 2.07. The number of aryl methyl sites for hydroxylation is 1. The van der Waals surface area contributed by atoms with Crippen LogP contribution in [0.15, 0.2) is 0 Å². The average molecular weight is 230 g/mol. The van der Waals surface area contributed by atoms with Crippen LogP contribution in [0, 0.1) is 17.0 Å². The van der Waals surface area contributed by atoms with E-state index in [9.17, 15) is 20.3 Å². The van der Waals surface area contributed by atoms with Crippen LogP contribution in [0.5, 0.6) is 0 Å². The van der Waals surface area contributed by atoms with Crippen LogP contribution < -0.4 is 5.32 Å². The van der Waals surface area contributed by atoms with Crippen molar-refractivity contribution >= 4 is 5.82 Å². The van der Waals surface area contributed by atoms with Crippen molar-refractivity contribution in [3.63, 3.8) is 0 Å². The van der Waals surface area contributed by atoms with Gasteiger partial charge in [-0.3, -0.25) is 0 Å². The number of nitrogens with one attached hydrogen (secondary N) is 2. The summed E-state index contributed by atoms with van der Waals surface area (Å²) in [5, 5.41) is 32.5. The Kier molecular flexibility index (Phi) is 3.93. The summed E-state index contributed by atoms with van der Waals surface area (Å²) in [7, 11) is 1.60. The topological polar surface area (TPSA) is 124 Å². The molecule has 1 aromatic rings. The highest BCUT2D eigenvalue weighted by Gasteiger charge is 2.29. The van der Waals surface area contributed by atoms with Crippen molar-refractivity contribution in [1.82, 2.24) is 15.3 Å². The van der Waals surface area contributed by atoms with Crippen LogP contribution in [-0.2, 0) is 0 Å². The number of imidazole rings is 1. The molecule has 0 fully saturated rings. The van der Waals surface area contributed by atoms with Crippen LogP contribution in [0.1, 0.15) is 17.6 Å². The van der Waals surface area contributed by atoms with E-state index in [1.165, 1.54) is 6.92 Å². The molecular formula is C8H14N4O4. The monoisotopic (exact) mass is 230 g/mol. The van der Waals surface area contributed by atoms with E-state index in [1.54, 1.807) is 7.05 Å². The summed E-state index contributed by atoms with van der Waals surface area (Å²) in [5.74, 6) is -0.0717. The number of likely N-dealkylation sites (N-methyl/N-ethyl adjacent to an activating group) is 1. The molecule has 0 radical (unpaired) electrons. The highest BCUT2D eigenvalue weighted by Crippen LogP contribution is 2.24. The zero-order chi connectivity index (χ0) is 12.3. The molecule has 90 valence electrons. The minimum atomic E-state index is -1.39. The molecule has 0 bridgehead atoms. The van der Waals surface area contributed by atoms with Gasteiger partial charge in [0.15, 0.2) is 11.5 Å². The van der Waals surface area contributed by atoms with Crippen LogP contribution in [0.3, 0.4) is 0 Å². The average Bonchev–Trinajstić information content (AvgIpc) is 2.59. The van der Waals surface area contributed by atoms with Gasteiger partial charge < -0.3 is 25.6 Å². The lowest BCUT2D eigenvalue weighted by Crippen LogP contribution is -2.30. The second kappa shape index (κ2) is 5.01. The van der Waals surface area contributed by atoms with Gasteiger partial charge in [0, 0.05) is 13.5 Å². The number of H-pyrrole nitrogens is 1. The molecule has 8 heteroatoms. The van der Waals surface area contributed by atoms with E-state index in [-0.39, 0.29) is 18.1 Å². The minimum Gasteiger partial charge on any atom is -0.389 e. The van der Waals surface area contributed by atoms with Crippen molar-refractivity contribution in [2.45, 2.75) is 19.1 Å². The molecule has 0 spiro atoms. The predicted molar refractivity (Wildman–Crippen MR) is 54.9 cm³/mol. The van der Waals surface area contributed by atoms with Crippen LogP contribution >= 0.6 is 0 Å². The maximum Gasteiger partial charge on any atom is 0.346 e. The minimum absolute atomic E-state index is 0.115. The molecule has 2 unspecified atom stereocenters. The molecule has 8 nitrogen and oxygen atoms in total. The first-order chi connectivity index (χ1) is 7.47. The van der Waals surface area contributed by atoms with Gasteiger partial charge in [0.05, 0.1) is 6.10 Å². The zero-order valence-electron chi connectivity index (χ0n) is 8.97. The van der Waals surface area contributed by atoms with Gasteiger partial charge in [-0.2, -0.15) is 0 Å². The Morgan fingerprint density at radius 1 is 1.62 bits per heavy atom. The number of nitrogens with zero attached hydrogens (tertiary/aromatic N) is 2. The molecule has 0 aliphatic heterocycles. The standard InChI is InChI=1S/C8H14N4O4/c1-4-10-6(8(11-4)12(15)16)7(14)5(13)3-9-2/h5,7,9,13-14H,3H2,1-2H3,(H,10,11). The maximum atomic E-state index is 10.6. The summed E-state index contributed by atoms with van der Waals surface area (Å²) in [4.78, 5) is 16.2. The summed E-state index contributed by atoms with van der Waals surface area (Å²) in [6, 6.07) is 0. The summed E-state index contributed by atoms with van der Waals surface area (Å²) in [6.45, 7) is 1.65. The molecule has 0 aliphatic rings. The van der Waals surface area contributed by atoms with Crippen molar-refractivity contribution in [1.29, 1.82) is 0 Å². The summed E-state index contributed by atoms with van der Waals surface area (Å²) in [6.07, 6.45) is -2.54. The van der Waals surface area contributed by atoms with Gasteiger partial charge in [-0.15, -0.1) is 0 Å². The van der Waals surface area contributed by atoms with E-state index >= 15 is 0 Å². The Morgan fingerprint density at radius 2 is 2.25 bits per heavy atom. The van der Waals surface area contributed by atoms with Crippen LogP contribution in [-0.4, -0.2) is 44.8 Å². The van der Waals surface area contributed by atoms with Crippen molar-refractivity contribution < 1.29 is 15.1 Å². The van der Waals surface area contributed by atoms with Crippen molar-refractivity contribution in [3.8, 4) is 0 Å². The number of hydrogen-bond donors (Lipinski definition) is 4. The maximum absolute atomic E-state index is 10.6. The first kappa shape index (κ1) is 12.6. The Bertz CT molecular complexity index is 378. The number of aliphatic hydroxyl groups is 2. The lowest BCUT2D eigenvalue weighted by molar-refractivity contribution is -0.390. The number of aromatic nitrogens is 2. The molecule has 0 aliphatic carbocycles. The smallest absolute Gasteiger partial charge is 0.346 e. The molecule has 0 aromatic carbocycles. The third-order valence-corrected chi connectivity index (χ3v) is 2.07. The second-order valence-electron chi connectivity index (χ2n) is 3.38. The fourth-order valence-corrected chi connectivity index (χ4v) is 1.35. The molecule has 1 rings (SSSR count). The van der Waals surface area contributed by atoms with E-state index in [0.29, 0.717) is 5.82 Å². The first-order valence-corrected chi connectivity index (χ1v) is 4.69. The lowest BCUT2D eigenvalue weighted by atomic mass is 10.1. The third kappa shape index (κ3) is 2.54. The Hall–Kier alpha value is -1.51.